The molecular weight excluding hydrogens is 419 g/mol. The van der Waals surface area contributed by atoms with Gasteiger partial charge in [0.15, 0.2) is 0 Å². The molecular formula is C26H31FN4O2. The molecule has 2 heterocycles. The first-order valence-electron chi connectivity index (χ1n) is 11.6. The lowest BCUT2D eigenvalue weighted by Crippen LogP contribution is -2.28. The molecule has 2 aromatic heterocycles. The standard InChI is InChI=1S/C26H31FN4O2/c1-17-22(12-13-23(32)28-15-14-19-8-5-4-6-9-19)26(33)30(3)25-24(17)18(2)29-31(25)21-11-7-10-20(27)16-21/h7-8,10-11,16H,4-6,9,12-15H2,1-3H3,(H,28,32). The fourth-order valence-corrected chi connectivity index (χ4v) is 4.78. The van der Waals surface area contributed by atoms with Crippen molar-refractivity contribution in [3.8, 4) is 5.69 Å². The van der Waals surface area contributed by atoms with E-state index >= 15 is 0 Å². The van der Waals surface area contributed by atoms with Gasteiger partial charge in [0.05, 0.1) is 11.4 Å². The molecule has 174 valence electrons. The zero-order valence-electron chi connectivity index (χ0n) is 19.6. The summed E-state index contributed by atoms with van der Waals surface area (Å²) in [6.45, 7) is 4.42. The number of amides is 1. The summed E-state index contributed by atoms with van der Waals surface area (Å²) >= 11 is 0. The number of carbonyl (C=O) groups excluding carboxylic acids is 1. The Bertz CT molecular complexity index is 1290. The van der Waals surface area contributed by atoms with Gasteiger partial charge in [0.1, 0.15) is 11.5 Å². The van der Waals surface area contributed by atoms with Crippen LogP contribution in [0.25, 0.3) is 16.7 Å². The van der Waals surface area contributed by atoms with E-state index in [9.17, 15) is 14.0 Å². The normalized spacial score (nSPS) is 13.9. The van der Waals surface area contributed by atoms with Gasteiger partial charge in [0.2, 0.25) is 5.91 Å². The summed E-state index contributed by atoms with van der Waals surface area (Å²) < 4.78 is 17.0. The van der Waals surface area contributed by atoms with Crippen LogP contribution >= 0.6 is 0 Å². The second-order valence-corrected chi connectivity index (χ2v) is 8.85. The predicted octanol–water partition coefficient (Wildman–Crippen LogP) is 4.42. The second kappa shape index (κ2) is 9.73. The van der Waals surface area contributed by atoms with E-state index in [-0.39, 0.29) is 23.7 Å². The Kier molecular flexibility index (Phi) is 6.77. The van der Waals surface area contributed by atoms with Crippen LogP contribution in [0.2, 0.25) is 0 Å². The van der Waals surface area contributed by atoms with Crippen LogP contribution in [0, 0.1) is 19.7 Å². The van der Waals surface area contributed by atoms with Crippen LogP contribution in [0.3, 0.4) is 0 Å². The number of hydrogen-bond acceptors (Lipinski definition) is 3. The molecule has 1 N–H and O–H groups in total. The minimum atomic E-state index is -0.363. The average Bonchev–Trinajstić information content (AvgIpc) is 3.16. The summed E-state index contributed by atoms with van der Waals surface area (Å²) in [5, 5.41) is 8.45. The van der Waals surface area contributed by atoms with Crippen LogP contribution in [-0.2, 0) is 18.3 Å². The number of benzene rings is 1. The molecule has 4 rings (SSSR count). The van der Waals surface area contributed by atoms with Gasteiger partial charge in [-0.15, -0.1) is 0 Å². The first-order valence-corrected chi connectivity index (χ1v) is 11.6. The molecule has 0 spiro atoms. The average molecular weight is 451 g/mol. The minimum absolute atomic E-state index is 0.0415. The molecule has 0 aliphatic heterocycles. The maximum Gasteiger partial charge on any atom is 0.255 e. The lowest BCUT2D eigenvalue weighted by Gasteiger charge is -2.14. The largest absolute Gasteiger partial charge is 0.356 e. The number of aryl methyl sites for hydroxylation is 3. The van der Waals surface area contributed by atoms with Crippen molar-refractivity contribution in [3.63, 3.8) is 0 Å². The first-order chi connectivity index (χ1) is 15.9. The molecule has 0 bridgehead atoms. The van der Waals surface area contributed by atoms with Crippen LogP contribution in [0.1, 0.15) is 55.3 Å². The molecule has 3 aromatic rings. The number of rotatable bonds is 7. The van der Waals surface area contributed by atoms with Gasteiger partial charge in [-0.1, -0.05) is 17.7 Å². The summed E-state index contributed by atoms with van der Waals surface area (Å²) in [6, 6.07) is 6.15. The fraction of sp³-hybridized carbons (Fsp3) is 0.423. The van der Waals surface area contributed by atoms with Crippen molar-refractivity contribution in [2.24, 2.45) is 7.05 Å². The van der Waals surface area contributed by atoms with Crippen molar-refractivity contribution in [3.05, 3.63) is 68.9 Å². The molecule has 0 radical (unpaired) electrons. The number of nitrogens with zero attached hydrogens (tertiary/aromatic N) is 3. The van der Waals surface area contributed by atoms with Crippen molar-refractivity contribution in [1.82, 2.24) is 19.7 Å². The molecule has 6 nitrogen and oxygen atoms in total. The Balaban J connectivity index is 1.54. The van der Waals surface area contributed by atoms with E-state index in [0.29, 0.717) is 29.9 Å². The molecule has 0 atom stereocenters. The van der Waals surface area contributed by atoms with Gasteiger partial charge in [-0.2, -0.15) is 5.10 Å². The number of halogens is 1. The van der Waals surface area contributed by atoms with Crippen molar-refractivity contribution in [2.45, 2.75) is 58.8 Å². The first kappa shape index (κ1) is 23.0. The highest BCUT2D eigenvalue weighted by molar-refractivity contribution is 5.85. The maximum absolute atomic E-state index is 13.8. The zero-order chi connectivity index (χ0) is 23.5. The summed E-state index contributed by atoms with van der Waals surface area (Å²) in [5.74, 6) is -0.405. The van der Waals surface area contributed by atoms with E-state index in [1.807, 2.05) is 13.8 Å². The molecule has 0 unspecified atom stereocenters. The van der Waals surface area contributed by atoms with Crippen molar-refractivity contribution >= 4 is 16.9 Å². The van der Waals surface area contributed by atoms with Gasteiger partial charge < -0.3 is 5.32 Å². The van der Waals surface area contributed by atoms with Crippen LogP contribution in [-0.4, -0.2) is 26.8 Å². The van der Waals surface area contributed by atoms with Crippen molar-refractivity contribution < 1.29 is 9.18 Å². The molecule has 1 aliphatic rings. The third kappa shape index (κ3) is 4.77. The Morgan fingerprint density at radius 1 is 1.21 bits per heavy atom. The monoisotopic (exact) mass is 450 g/mol. The molecule has 0 saturated heterocycles. The lowest BCUT2D eigenvalue weighted by atomic mass is 9.97. The van der Waals surface area contributed by atoms with Crippen molar-refractivity contribution in [2.75, 3.05) is 6.54 Å². The molecule has 1 amide bonds. The highest BCUT2D eigenvalue weighted by Gasteiger charge is 2.20. The van der Waals surface area contributed by atoms with E-state index in [2.05, 4.69) is 16.5 Å². The Morgan fingerprint density at radius 2 is 2.03 bits per heavy atom. The van der Waals surface area contributed by atoms with Gasteiger partial charge in [-0.3, -0.25) is 14.2 Å². The topological polar surface area (TPSA) is 68.9 Å². The van der Waals surface area contributed by atoms with E-state index in [1.54, 1.807) is 28.4 Å². The van der Waals surface area contributed by atoms with Gasteiger partial charge in [0.25, 0.3) is 5.56 Å². The Labute approximate surface area is 193 Å². The molecule has 1 aliphatic carbocycles. The molecule has 33 heavy (non-hydrogen) atoms. The quantitative estimate of drug-likeness (QED) is 0.542. The van der Waals surface area contributed by atoms with Gasteiger partial charge in [-0.05, 0) is 76.1 Å². The van der Waals surface area contributed by atoms with Crippen LogP contribution in [0.5, 0.6) is 0 Å². The molecule has 7 heteroatoms. The van der Waals surface area contributed by atoms with E-state index < -0.39 is 0 Å². The van der Waals surface area contributed by atoms with Crippen LogP contribution in [0.15, 0.2) is 40.7 Å². The summed E-state index contributed by atoms with van der Waals surface area (Å²) in [4.78, 5) is 25.6. The van der Waals surface area contributed by atoms with Crippen molar-refractivity contribution in [1.29, 1.82) is 0 Å². The zero-order valence-corrected chi connectivity index (χ0v) is 19.6. The summed E-state index contributed by atoms with van der Waals surface area (Å²) in [6.07, 6.45) is 8.60. The smallest absolute Gasteiger partial charge is 0.255 e. The van der Waals surface area contributed by atoms with Gasteiger partial charge in [0, 0.05) is 31.0 Å². The van der Waals surface area contributed by atoms with Crippen LogP contribution in [0.4, 0.5) is 4.39 Å². The molecule has 0 fully saturated rings. The predicted molar refractivity (Wildman–Crippen MR) is 128 cm³/mol. The number of fused-ring (bicyclic) bond motifs is 1. The SMILES string of the molecule is Cc1nn(-c2cccc(F)c2)c2c1c(C)c(CCC(=O)NCCC1=CCCCC1)c(=O)n2C. The van der Waals surface area contributed by atoms with Gasteiger partial charge >= 0.3 is 0 Å². The third-order valence-electron chi connectivity index (χ3n) is 6.55. The number of aromatic nitrogens is 3. The van der Waals surface area contributed by atoms with Crippen LogP contribution < -0.4 is 10.9 Å². The highest BCUT2D eigenvalue weighted by atomic mass is 19.1. The summed E-state index contributed by atoms with van der Waals surface area (Å²) in [5.41, 5.74) is 4.66. The number of hydrogen-bond donors (Lipinski definition) is 1. The lowest BCUT2D eigenvalue weighted by molar-refractivity contribution is -0.121. The van der Waals surface area contributed by atoms with Gasteiger partial charge in [-0.25, -0.2) is 9.07 Å². The number of allylic oxidation sites excluding steroid dienone is 1. The Morgan fingerprint density at radius 3 is 2.76 bits per heavy atom. The third-order valence-corrected chi connectivity index (χ3v) is 6.55. The summed E-state index contributed by atoms with van der Waals surface area (Å²) in [7, 11) is 1.70. The fourth-order valence-electron chi connectivity index (χ4n) is 4.78. The Hall–Kier alpha value is -3.22. The van der Waals surface area contributed by atoms with E-state index in [1.165, 1.54) is 30.5 Å². The molecule has 0 saturated carbocycles. The number of nitrogens with one attached hydrogen (secondary N) is 1. The number of pyridine rings is 1. The second-order valence-electron chi connectivity index (χ2n) is 8.85. The maximum atomic E-state index is 13.8. The highest BCUT2D eigenvalue weighted by Crippen LogP contribution is 2.26. The number of carbonyl (C=O) groups is 1. The molecule has 1 aromatic carbocycles. The van der Waals surface area contributed by atoms with E-state index in [0.717, 1.165) is 35.9 Å². The van der Waals surface area contributed by atoms with E-state index in [4.69, 9.17) is 0 Å². The minimum Gasteiger partial charge on any atom is -0.356 e.